The molecule has 0 aliphatic rings. The summed E-state index contributed by atoms with van der Waals surface area (Å²) in [5, 5.41) is 19.0. The van der Waals surface area contributed by atoms with E-state index in [9.17, 15) is 23.4 Å². The van der Waals surface area contributed by atoms with E-state index >= 15 is 0 Å². The molecule has 0 saturated carbocycles. The van der Waals surface area contributed by atoms with Gasteiger partial charge in [0.15, 0.2) is 0 Å². The van der Waals surface area contributed by atoms with E-state index in [0.717, 1.165) is 9.87 Å². The lowest BCUT2D eigenvalue weighted by molar-refractivity contribution is 0.0697. The zero-order valence-electron chi connectivity index (χ0n) is 19.5. The number of carboxylic acid groups (broad SMARTS) is 1. The van der Waals surface area contributed by atoms with E-state index in [4.69, 9.17) is 0 Å². The number of hydrogen-bond acceptors (Lipinski definition) is 4. The molecule has 36 heavy (non-hydrogen) atoms. The predicted molar refractivity (Wildman–Crippen MR) is 136 cm³/mol. The summed E-state index contributed by atoms with van der Waals surface area (Å²) in [4.78, 5) is 12.0. The molecule has 0 atom stereocenters. The lowest BCUT2D eigenvalue weighted by atomic mass is 10.1. The Bertz CT molecular complexity index is 1530. The number of carbonyl (C=O) groups is 1. The van der Waals surface area contributed by atoms with Crippen LogP contribution in [0.3, 0.4) is 0 Å². The SMILES string of the molecule is Cc1ccc(S(=O)(=O)N(C#Cc2cccc(C(=O)O)c2-n2cccc2)Cc2ccc(CO)cc2)cc1. The van der Waals surface area contributed by atoms with Crippen LogP contribution in [-0.2, 0) is 23.2 Å². The summed E-state index contributed by atoms with van der Waals surface area (Å²) < 4.78 is 29.8. The number of sulfonamides is 1. The molecule has 0 aliphatic heterocycles. The van der Waals surface area contributed by atoms with Crippen LogP contribution in [0.5, 0.6) is 0 Å². The van der Waals surface area contributed by atoms with Gasteiger partial charge in [0.25, 0.3) is 10.0 Å². The maximum Gasteiger partial charge on any atom is 0.337 e. The highest BCUT2D eigenvalue weighted by atomic mass is 32.2. The fourth-order valence-corrected chi connectivity index (χ4v) is 4.86. The topological polar surface area (TPSA) is 99.8 Å². The molecule has 0 aliphatic carbocycles. The van der Waals surface area contributed by atoms with Gasteiger partial charge in [-0.2, -0.15) is 0 Å². The zero-order chi connectivity index (χ0) is 25.7. The molecule has 4 rings (SSSR count). The average Bonchev–Trinajstić information content (AvgIpc) is 3.41. The zero-order valence-corrected chi connectivity index (χ0v) is 20.3. The van der Waals surface area contributed by atoms with E-state index in [2.05, 4.69) is 12.0 Å². The van der Waals surface area contributed by atoms with E-state index in [0.29, 0.717) is 22.4 Å². The number of nitrogens with zero attached hydrogens (tertiary/aromatic N) is 2. The van der Waals surface area contributed by atoms with Gasteiger partial charge in [0, 0.05) is 18.4 Å². The van der Waals surface area contributed by atoms with Crippen LogP contribution in [0.15, 0.2) is 96.2 Å². The molecular weight excluding hydrogens is 476 g/mol. The number of aryl methyl sites for hydroxylation is 1. The second-order valence-electron chi connectivity index (χ2n) is 8.13. The number of aromatic carboxylic acids is 1. The van der Waals surface area contributed by atoms with E-state index in [-0.39, 0.29) is 23.6 Å². The van der Waals surface area contributed by atoms with E-state index in [1.807, 2.05) is 6.92 Å². The lowest BCUT2D eigenvalue weighted by Crippen LogP contribution is -2.26. The molecule has 0 unspecified atom stereocenters. The summed E-state index contributed by atoms with van der Waals surface area (Å²) in [6, 6.07) is 24.4. The molecule has 0 radical (unpaired) electrons. The predicted octanol–water partition coefficient (Wildman–Crippen LogP) is 4.18. The summed E-state index contributed by atoms with van der Waals surface area (Å²) in [7, 11) is -4.01. The van der Waals surface area contributed by atoms with Crippen LogP contribution in [0.2, 0.25) is 0 Å². The third-order valence-electron chi connectivity index (χ3n) is 5.59. The first-order chi connectivity index (χ1) is 17.3. The lowest BCUT2D eigenvalue weighted by Gasteiger charge is -2.19. The van der Waals surface area contributed by atoms with Crippen LogP contribution in [0.4, 0.5) is 0 Å². The molecule has 1 aromatic heterocycles. The van der Waals surface area contributed by atoms with Gasteiger partial charge in [-0.15, -0.1) is 0 Å². The van der Waals surface area contributed by atoms with Crippen molar-refractivity contribution in [2.24, 2.45) is 0 Å². The first kappa shape index (κ1) is 24.8. The monoisotopic (exact) mass is 500 g/mol. The third-order valence-corrected chi connectivity index (χ3v) is 7.25. The van der Waals surface area contributed by atoms with Gasteiger partial charge in [-0.25, -0.2) is 17.5 Å². The molecule has 0 fully saturated rings. The quantitative estimate of drug-likeness (QED) is 0.293. The van der Waals surface area contributed by atoms with Crippen LogP contribution < -0.4 is 0 Å². The van der Waals surface area contributed by atoms with Crippen LogP contribution in [0, 0.1) is 18.9 Å². The van der Waals surface area contributed by atoms with Gasteiger partial charge in [0.2, 0.25) is 0 Å². The molecule has 4 aromatic rings. The number of hydrogen-bond donors (Lipinski definition) is 2. The van der Waals surface area contributed by atoms with Crippen molar-refractivity contribution in [2.75, 3.05) is 0 Å². The minimum absolute atomic E-state index is 0.0353. The Kier molecular flexibility index (Phi) is 7.25. The molecule has 0 saturated heterocycles. The van der Waals surface area contributed by atoms with Crippen molar-refractivity contribution < 1.29 is 23.4 Å². The second-order valence-corrected chi connectivity index (χ2v) is 10.00. The van der Waals surface area contributed by atoms with E-state index in [1.165, 1.54) is 18.2 Å². The second kappa shape index (κ2) is 10.5. The normalized spacial score (nSPS) is 10.9. The Balaban J connectivity index is 1.82. The highest BCUT2D eigenvalue weighted by Crippen LogP contribution is 2.22. The Labute approximate surface area is 209 Å². The van der Waals surface area contributed by atoms with Gasteiger partial charge in [0.05, 0.1) is 34.9 Å². The van der Waals surface area contributed by atoms with Crippen LogP contribution in [-0.4, -0.2) is 33.5 Å². The number of para-hydroxylation sites is 1. The molecule has 7 nitrogen and oxygen atoms in total. The molecule has 182 valence electrons. The third kappa shape index (κ3) is 5.33. The summed E-state index contributed by atoms with van der Waals surface area (Å²) in [5.74, 6) is 1.78. The smallest absolute Gasteiger partial charge is 0.337 e. The van der Waals surface area contributed by atoms with Gasteiger partial charge in [-0.3, -0.25) is 0 Å². The summed E-state index contributed by atoms with van der Waals surface area (Å²) >= 11 is 0. The van der Waals surface area contributed by atoms with Gasteiger partial charge < -0.3 is 14.8 Å². The molecule has 2 N–H and O–H groups in total. The van der Waals surface area contributed by atoms with E-state index in [1.54, 1.807) is 77.6 Å². The van der Waals surface area contributed by atoms with Crippen molar-refractivity contribution in [3.8, 4) is 17.7 Å². The van der Waals surface area contributed by atoms with Gasteiger partial charge in [-0.1, -0.05) is 48.0 Å². The van der Waals surface area contributed by atoms with Crippen molar-refractivity contribution in [1.29, 1.82) is 0 Å². The highest BCUT2D eigenvalue weighted by Gasteiger charge is 2.23. The molecule has 8 heteroatoms. The van der Waals surface area contributed by atoms with Crippen molar-refractivity contribution in [1.82, 2.24) is 8.87 Å². The fourth-order valence-electron chi connectivity index (χ4n) is 3.64. The first-order valence-electron chi connectivity index (χ1n) is 11.1. The Morgan fingerprint density at radius 1 is 0.917 bits per heavy atom. The average molecular weight is 501 g/mol. The van der Waals surface area contributed by atoms with Crippen molar-refractivity contribution >= 4 is 16.0 Å². The van der Waals surface area contributed by atoms with Crippen molar-refractivity contribution in [2.45, 2.75) is 25.0 Å². The molecular formula is C28H24N2O5S. The van der Waals surface area contributed by atoms with Crippen molar-refractivity contribution in [3.05, 3.63) is 119 Å². The minimum Gasteiger partial charge on any atom is -0.478 e. The fraction of sp³-hybridized carbons (Fsp3) is 0.107. The molecule has 1 heterocycles. The maximum absolute atomic E-state index is 13.6. The van der Waals surface area contributed by atoms with Gasteiger partial charge >= 0.3 is 5.97 Å². The van der Waals surface area contributed by atoms with Crippen LogP contribution >= 0.6 is 0 Å². The highest BCUT2D eigenvalue weighted by molar-refractivity contribution is 7.89. The number of aliphatic hydroxyl groups is 1. The Morgan fingerprint density at radius 2 is 1.56 bits per heavy atom. The Morgan fingerprint density at radius 3 is 2.17 bits per heavy atom. The number of benzene rings is 3. The first-order valence-corrected chi connectivity index (χ1v) is 12.5. The molecule has 0 spiro atoms. The maximum atomic E-state index is 13.6. The van der Waals surface area contributed by atoms with Crippen LogP contribution in [0.25, 0.3) is 5.69 Å². The van der Waals surface area contributed by atoms with E-state index < -0.39 is 16.0 Å². The van der Waals surface area contributed by atoms with Gasteiger partial charge in [-0.05, 0) is 60.4 Å². The number of aliphatic hydroxyl groups excluding tert-OH is 1. The molecule has 3 aromatic carbocycles. The largest absolute Gasteiger partial charge is 0.478 e. The minimum atomic E-state index is -4.01. The molecule has 0 amide bonds. The van der Waals surface area contributed by atoms with Crippen LogP contribution in [0.1, 0.15) is 32.6 Å². The number of aromatic nitrogens is 1. The summed E-state index contributed by atoms with van der Waals surface area (Å²) in [5.41, 5.74) is 3.08. The number of rotatable bonds is 7. The van der Waals surface area contributed by atoms with Crippen molar-refractivity contribution in [3.63, 3.8) is 0 Å². The number of carboxylic acids is 1. The van der Waals surface area contributed by atoms with Gasteiger partial charge in [0.1, 0.15) is 0 Å². The standard InChI is InChI=1S/C28H24N2O5S/c1-21-7-13-25(14-8-21)36(34,35)30(19-22-9-11-23(20-31)12-10-22)18-15-24-5-4-6-26(28(32)33)27(24)29-16-2-3-17-29/h2-14,16-17,31H,19-20H2,1H3,(H,32,33). The molecule has 0 bridgehead atoms. The summed E-state index contributed by atoms with van der Waals surface area (Å²) in [6.45, 7) is 1.72. The Hall–Kier alpha value is -4.32. The summed E-state index contributed by atoms with van der Waals surface area (Å²) in [6.07, 6.45) is 3.41.